The highest BCUT2D eigenvalue weighted by molar-refractivity contribution is 5.77. The number of ether oxygens (including phenoxy) is 1. The van der Waals surface area contributed by atoms with Gasteiger partial charge in [-0.2, -0.15) is 0 Å². The van der Waals surface area contributed by atoms with Crippen LogP contribution in [-0.2, 0) is 11.2 Å². The normalized spacial score (nSPS) is 22.0. The Labute approximate surface area is 139 Å². The smallest absolute Gasteiger partial charge is 0.236 e. The SMILES string of the molecule is COc1ccc2c(c1)C(C1CCN(CC(=O)N(C)C)CC1)CC2. The van der Waals surface area contributed by atoms with Crippen LogP contribution in [0.3, 0.4) is 0 Å². The van der Waals surface area contributed by atoms with Crippen molar-refractivity contribution >= 4 is 5.91 Å². The number of aryl methyl sites for hydroxylation is 1. The van der Waals surface area contributed by atoms with Crippen molar-refractivity contribution in [2.24, 2.45) is 5.92 Å². The monoisotopic (exact) mass is 316 g/mol. The van der Waals surface area contributed by atoms with E-state index in [0.717, 1.165) is 24.8 Å². The van der Waals surface area contributed by atoms with Crippen molar-refractivity contribution in [3.8, 4) is 5.75 Å². The van der Waals surface area contributed by atoms with Gasteiger partial charge in [-0.1, -0.05) is 6.07 Å². The molecule has 1 saturated heterocycles. The molecule has 0 N–H and O–H groups in total. The van der Waals surface area contributed by atoms with Gasteiger partial charge in [0, 0.05) is 14.1 Å². The average molecular weight is 316 g/mol. The summed E-state index contributed by atoms with van der Waals surface area (Å²) in [4.78, 5) is 15.8. The van der Waals surface area contributed by atoms with Crippen LogP contribution >= 0.6 is 0 Å². The van der Waals surface area contributed by atoms with Crippen molar-refractivity contribution in [1.82, 2.24) is 9.80 Å². The number of likely N-dealkylation sites (tertiary alicyclic amines) is 1. The lowest BCUT2D eigenvalue weighted by atomic mass is 9.81. The van der Waals surface area contributed by atoms with E-state index < -0.39 is 0 Å². The molecule has 1 aliphatic carbocycles. The summed E-state index contributed by atoms with van der Waals surface area (Å²) in [6.45, 7) is 2.65. The summed E-state index contributed by atoms with van der Waals surface area (Å²) in [7, 11) is 5.40. The van der Waals surface area contributed by atoms with Crippen LogP contribution in [0.25, 0.3) is 0 Å². The zero-order chi connectivity index (χ0) is 16.4. The number of benzene rings is 1. The average Bonchev–Trinajstić information content (AvgIpc) is 2.98. The third-order valence-electron chi connectivity index (χ3n) is 5.54. The molecule has 4 nitrogen and oxygen atoms in total. The summed E-state index contributed by atoms with van der Waals surface area (Å²) in [5.41, 5.74) is 3.01. The van der Waals surface area contributed by atoms with Gasteiger partial charge in [0.1, 0.15) is 5.75 Å². The number of fused-ring (bicyclic) bond motifs is 1. The van der Waals surface area contributed by atoms with E-state index in [2.05, 4.69) is 23.1 Å². The highest BCUT2D eigenvalue weighted by Gasteiger charge is 2.32. The Bertz CT molecular complexity index is 562. The van der Waals surface area contributed by atoms with Gasteiger partial charge in [0.2, 0.25) is 5.91 Å². The van der Waals surface area contributed by atoms with E-state index in [4.69, 9.17) is 4.74 Å². The Kier molecular flexibility index (Phi) is 4.90. The van der Waals surface area contributed by atoms with E-state index in [1.54, 1.807) is 12.0 Å². The molecule has 1 aromatic rings. The number of nitrogens with zero attached hydrogens (tertiary/aromatic N) is 2. The Morgan fingerprint density at radius 1 is 1.26 bits per heavy atom. The van der Waals surface area contributed by atoms with Crippen molar-refractivity contribution in [2.75, 3.05) is 40.8 Å². The van der Waals surface area contributed by atoms with E-state index in [1.807, 2.05) is 14.1 Å². The Morgan fingerprint density at radius 3 is 2.65 bits per heavy atom. The first-order chi connectivity index (χ1) is 11.1. The van der Waals surface area contributed by atoms with Crippen LogP contribution in [0.5, 0.6) is 5.75 Å². The number of hydrogen-bond donors (Lipinski definition) is 0. The summed E-state index contributed by atoms with van der Waals surface area (Å²) < 4.78 is 5.41. The minimum absolute atomic E-state index is 0.208. The van der Waals surface area contributed by atoms with Crippen LogP contribution in [0.4, 0.5) is 0 Å². The number of methoxy groups -OCH3 is 1. The van der Waals surface area contributed by atoms with Gasteiger partial charge in [-0.15, -0.1) is 0 Å². The third kappa shape index (κ3) is 3.52. The molecule has 1 aromatic carbocycles. The molecule has 3 rings (SSSR count). The van der Waals surface area contributed by atoms with Gasteiger partial charge < -0.3 is 9.64 Å². The second kappa shape index (κ2) is 6.91. The molecular weight excluding hydrogens is 288 g/mol. The minimum atomic E-state index is 0.208. The number of likely N-dealkylation sites (N-methyl/N-ethyl adjacent to an activating group) is 1. The molecule has 1 atom stereocenters. The largest absolute Gasteiger partial charge is 0.497 e. The van der Waals surface area contributed by atoms with Gasteiger partial charge >= 0.3 is 0 Å². The number of carbonyl (C=O) groups excluding carboxylic acids is 1. The summed E-state index contributed by atoms with van der Waals surface area (Å²) in [6.07, 6.45) is 4.86. The summed E-state index contributed by atoms with van der Waals surface area (Å²) in [5, 5.41) is 0. The molecule has 1 unspecified atom stereocenters. The molecule has 4 heteroatoms. The molecule has 0 radical (unpaired) electrons. The maximum Gasteiger partial charge on any atom is 0.236 e. The zero-order valence-corrected chi connectivity index (χ0v) is 14.5. The lowest BCUT2D eigenvalue weighted by molar-refractivity contribution is -0.130. The number of piperidine rings is 1. The third-order valence-corrected chi connectivity index (χ3v) is 5.54. The zero-order valence-electron chi connectivity index (χ0n) is 14.5. The number of amides is 1. The summed E-state index contributed by atoms with van der Waals surface area (Å²) >= 11 is 0. The van der Waals surface area contributed by atoms with Gasteiger partial charge in [0.05, 0.1) is 13.7 Å². The van der Waals surface area contributed by atoms with Crippen molar-refractivity contribution in [2.45, 2.75) is 31.6 Å². The van der Waals surface area contributed by atoms with Gasteiger partial charge in [0.15, 0.2) is 0 Å². The highest BCUT2D eigenvalue weighted by atomic mass is 16.5. The quantitative estimate of drug-likeness (QED) is 0.856. The molecule has 1 fully saturated rings. The Hall–Kier alpha value is -1.55. The van der Waals surface area contributed by atoms with Crippen LogP contribution < -0.4 is 4.74 Å². The number of carbonyl (C=O) groups is 1. The lowest BCUT2D eigenvalue weighted by Gasteiger charge is -2.35. The Morgan fingerprint density at radius 2 is 2.00 bits per heavy atom. The fourth-order valence-corrected chi connectivity index (χ4v) is 4.08. The topological polar surface area (TPSA) is 32.8 Å². The predicted molar refractivity (Wildman–Crippen MR) is 91.9 cm³/mol. The van der Waals surface area contributed by atoms with Crippen molar-refractivity contribution < 1.29 is 9.53 Å². The van der Waals surface area contributed by atoms with E-state index in [9.17, 15) is 4.79 Å². The summed E-state index contributed by atoms with van der Waals surface area (Å²) in [6, 6.07) is 6.56. The van der Waals surface area contributed by atoms with Crippen LogP contribution in [-0.4, -0.2) is 56.5 Å². The molecule has 2 aliphatic rings. The lowest BCUT2D eigenvalue weighted by Crippen LogP contribution is -2.41. The fourth-order valence-electron chi connectivity index (χ4n) is 4.08. The molecule has 23 heavy (non-hydrogen) atoms. The van der Waals surface area contributed by atoms with Crippen LogP contribution in [0, 0.1) is 5.92 Å². The first-order valence-corrected chi connectivity index (χ1v) is 8.68. The molecule has 1 amide bonds. The summed E-state index contributed by atoms with van der Waals surface area (Å²) in [5.74, 6) is 2.60. The number of rotatable bonds is 4. The highest BCUT2D eigenvalue weighted by Crippen LogP contribution is 2.43. The van der Waals surface area contributed by atoms with Crippen LogP contribution in [0.15, 0.2) is 18.2 Å². The first-order valence-electron chi connectivity index (χ1n) is 8.68. The standard InChI is InChI=1S/C19H28N2O2/c1-20(2)19(22)13-21-10-8-15(9-11-21)17-7-5-14-4-6-16(23-3)12-18(14)17/h4,6,12,15,17H,5,7-11,13H2,1-3H3. The second-order valence-corrected chi connectivity index (χ2v) is 7.11. The van der Waals surface area contributed by atoms with E-state index in [0.29, 0.717) is 12.5 Å². The fraction of sp³-hybridized carbons (Fsp3) is 0.632. The van der Waals surface area contributed by atoms with E-state index >= 15 is 0 Å². The van der Waals surface area contributed by atoms with Crippen molar-refractivity contribution in [1.29, 1.82) is 0 Å². The van der Waals surface area contributed by atoms with Crippen molar-refractivity contribution in [3.05, 3.63) is 29.3 Å². The Balaban J connectivity index is 1.60. The molecule has 0 saturated carbocycles. The van der Waals surface area contributed by atoms with Crippen LogP contribution in [0.2, 0.25) is 0 Å². The first kappa shape index (κ1) is 16.3. The molecular formula is C19H28N2O2. The molecule has 0 spiro atoms. The molecule has 0 aromatic heterocycles. The molecule has 0 bridgehead atoms. The van der Waals surface area contributed by atoms with E-state index in [1.165, 1.54) is 36.8 Å². The number of hydrogen-bond acceptors (Lipinski definition) is 3. The maximum atomic E-state index is 11.9. The maximum absolute atomic E-state index is 11.9. The van der Waals surface area contributed by atoms with Crippen LogP contribution in [0.1, 0.15) is 36.3 Å². The molecule has 1 heterocycles. The second-order valence-electron chi connectivity index (χ2n) is 7.11. The minimum Gasteiger partial charge on any atom is -0.497 e. The van der Waals surface area contributed by atoms with Gasteiger partial charge in [-0.3, -0.25) is 9.69 Å². The van der Waals surface area contributed by atoms with Crippen molar-refractivity contribution in [3.63, 3.8) is 0 Å². The van der Waals surface area contributed by atoms with Gasteiger partial charge in [-0.25, -0.2) is 0 Å². The van der Waals surface area contributed by atoms with Gasteiger partial charge in [-0.05, 0) is 73.9 Å². The molecule has 1 aliphatic heterocycles. The molecule has 126 valence electrons. The van der Waals surface area contributed by atoms with E-state index in [-0.39, 0.29) is 5.91 Å². The predicted octanol–water partition coefficient (Wildman–Crippen LogP) is 2.53. The van der Waals surface area contributed by atoms with Gasteiger partial charge in [0.25, 0.3) is 0 Å².